The highest BCUT2D eigenvalue weighted by molar-refractivity contribution is 9.10. The Balaban J connectivity index is 1.54. The van der Waals surface area contributed by atoms with Gasteiger partial charge < -0.3 is 4.74 Å². The number of rotatable bonds is 4. The number of hydrogen-bond acceptors (Lipinski definition) is 6. The average Bonchev–Trinajstić information content (AvgIpc) is 3.32. The van der Waals surface area contributed by atoms with E-state index in [1.165, 1.54) is 0 Å². The minimum Gasteiger partial charge on any atom is -0.463 e. The van der Waals surface area contributed by atoms with Crippen molar-refractivity contribution >= 4 is 72.8 Å². The van der Waals surface area contributed by atoms with Crippen LogP contribution in [0.2, 0.25) is 0 Å². The fraction of sp³-hybridized carbons (Fsp3) is 0.345. The van der Waals surface area contributed by atoms with Crippen LogP contribution in [0.4, 0.5) is 11.4 Å². The van der Waals surface area contributed by atoms with Crippen LogP contribution >= 0.6 is 31.9 Å². The summed E-state index contributed by atoms with van der Waals surface area (Å²) in [5.74, 6) is -6.98. The Hall–Kier alpha value is -3.11. The van der Waals surface area contributed by atoms with Gasteiger partial charge in [-0.3, -0.25) is 29.0 Å². The van der Waals surface area contributed by atoms with Crippen LogP contribution in [-0.2, 0) is 28.7 Å². The number of amides is 4. The summed E-state index contributed by atoms with van der Waals surface area (Å²) in [6.07, 6.45) is 0. The van der Waals surface area contributed by atoms with Gasteiger partial charge in [0.2, 0.25) is 23.6 Å². The number of halogens is 2. The highest BCUT2D eigenvalue weighted by Gasteiger charge is 2.77. The lowest BCUT2D eigenvalue weighted by Gasteiger charge is -2.55. The number of ether oxygens (including phenoxy) is 1. The van der Waals surface area contributed by atoms with Crippen LogP contribution in [0.3, 0.4) is 0 Å². The molecular formula is C29H24Br2N2O6. The zero-order chi connectivity index (χ0) is 28.0. The Morgan fingerprint density at radius 1 is 0.769 bits per heavy atom. The second kappa shape index (κ2) is 8.96. The zero-order valence-electron chi connectivity index (χ0n) is 21.3. The van der Waals surface area contributed by atoms with E-state index in [2.05, 4.69) is 31.9 Å². The van der Waals surface area contributed by atoms with Gasteiger partial charge >= 0.3 is 5.97 Å². The van der Waals surface area contributed by atoms with Crippen molar-refractivity contribution < 1.29 is 28.7 Å². The molecule has 2 heterocycles. The number of carbonyl (C=O) groups is 5. The molecule has 4 unspecified atom stereocenters. The van der Waals surface area contributed by atoms with Crippen molar-refractivity contribution in [1.29, 1.82) is 0 Å². The normalized spacial score (nSPS) is 31.3. The third-order valence-electron chi connectivity index (χ3n) is 8.85. The Bertz CT molecular complexity index is 1410. The van der Waals surface area contributed by atoms with Gasteiger partial charge in [0.15, 0.2) is 0 Å². The Labute approximate surface area is 241 Å². The van der Waals surface area contributed by atoms with E-state index in [-0.39, 0.29) is 12.2 Å². The second-order valence-electron chi connectivity index (χ2n) is 10.6. The lowest BCUT2D eigenvalue weighted by atomic mass is 9.43. The molecule has 2 aromatic carbocycles. The number of carbonyl (C=O) groups excluding carboxylic acids is 5. The molecule has 8 nitrogen and oxygen atoms in total. The number of nitrogens with zero attached hydrogens (tertiary/aromatic N) is 2. The highest BCUT2D eigenvalue weighted by Crippen LogP contribution is 2.68. The molecule has 4 amide bonds. The number of hydrogen-bond donors (Lipinski definition) is 0. The van der Waals surface area contributed by atoms with Gasteiger partial charge in [0.1, 0.15) is 0 Å². The lowest BCUT2D eigenvalue weighted by Crippen LogP contribution is -2.61. The maximum atomic E-state index is 14.1. The molecule has 2 aromatic rings. The maximum absolute atomic E-state index is 14.1. The summed E-state index contributed by atoms with van der Waals surface area (Å²) in [6.45, 7) is 5.19. The molecule has 2 saturated heterocycles. The molecule has 0 spiro atoms. The fourth-order valence-corrected chi connectivity index (χ4v) is 8.03. The van der Waals surface area contributed by atoms with Gasteiger partial charge in [0.05, 0.1) is 41.7 Å². The first-order valence-electron chi connectivity index (χ1n) is 12.7. The summed E-state index contributed by atoms with van der Waals surface area (Å²) in [6, 6.07) is 13.6. The van der Waals surface area contributed by atoms with Gasteiger partial charge in [-0.25, -0.2) is 4.79 Å². The molecule has 39 heavy (non-hydrogen) atoms. The van der Waals surface area contributed by atoms with Crippen molar-refractivity contribution in [2.24, 2.45) is 35.0 Å². The molecular weight excluding hydrogens is 632 g/mol. The van der Waals surface area contributed by atoms with Crippen molar-refractivity contribution in [3.05, 3.63) is 68.6 Å². The molecule has 0 radical (unpaired) electrons. The van der Waals surface area contributed by atoms with E-state index in [0.29, 0.717) is 16.9 Å². The summed E-state index contributed by atoms with van der Waals surface area (Å²) in [5, 5.41) is 0. The van der Waals surface area contributed by atoms with Crippen molar-refractivity contribution in [1.82, 2.24) is 0 Å². The number of benzene rings is 2. The quantitative estimate of drug-likeness (QED) is 0.351. The van der Waals surface area contributed by atoms with E-state index >= 15 is 0 Å². The van der Waals surface area contributed by atoms with Gasteiger partial charge in [-0.05, 0) is 62.4 Å². The van der Waals surface area contributed by atoms with Gasteiger partial charge in [-0.2, -0.15) is 0 Å². The molecule has 7 rings (SSSR count). The predicted octanol–water partition coefficient (Wildman–Crippen LogP) is 4.65. The first kappa shape index (κ1) is 26.1. The largest absolute Gasteiger partial charge is 0.463 e. The first-order chi connectivity index (χ1) is 18.5. The lowest BCUT2D eigenvalue weighted by molar-refractivity contribution is -0.155. The zero-order valence-corrected chi connectivity index (χ0v) is 24.5. The highest BCUT2D eigenvalue weighted by atomic mass is 79.9. The van der Waals surface area contributed by atoms with Crippen molar-refractivity contribution in [3.63, 3.8) is 0 Å². The third-order valence-corrected chi connectivity index (χ3v) is 9.91. The monoisotopic (exact) mass is 654 g/mol. The molecule has 0 N–H and O–H groups in total. The number of esters is 1. The van der Waals surface area contributed by atoms with E-state index < -0.39 is 64.6 Å². The van der Waals surface area contributed by atoms with E-state index in [1.807, 2.05) is 0 Å². The van der Waals surface area contributed by atoms with Crippen LogP contribution in [0.5, 0.6) is 0 Å². The maximum Gasteiger partial charge on any atom is 0.334 e. The SMILES string of the molecule is CCOC(=O)C1=C(C)C2C3C(=O)N(c4ccc(Br)cc4)C(=O)C3C1(C)C1C(=O)N(c3ccc(Br)cc3)C(=O)C21. The smallest absolute Gasteiger partial charge is 0.334 e. The predicted molar refractivity (Wildman–Crippen MR) is 148 cm³/mol. The second-order valence-corrected chi connectivity index (χ2v) is 12.4. The first-order valence-corrected chi connectivity index (χ1v) is 14.3. The molecule has 4 atom stereocenters. The minimum atomic E-state index is -1.42. The summed E-state index contributed by atoms with van der Waals surface area (Å²) in [7, 11) is 0. The standard InChI is InChI=1S/C29H24Br2N2O6/c1-4-39-28(38)21-13(2)18-19-22(26(36)32(24(19)34)16-9-5-14(30)6-10-16)29(21,3)23-20(18)25(35)33(27(23)37)17-11-7-15(31)8-12-17/h5-12,18-20,22-23H,4H2,1-3H3. The van der Waals surface area contributed by atoms with Gasteiger partial charge in [-0.15, -0.1) is 0 Å². The van der Waals surface area contributed by atoms with E-state index in [1.54, 1.807) is 69.3 Å². The van der Waals surface area contributed by atoms with Gasteiger partial charge in [0.25, 0.3) is 0 Å². The molecule has 2 bridgehead atoms. The van der Waals surface area contributed by atoms with Crippen LogP contribution in [0.25, 0.3) is 0 Å². The van der Waals surface area contributed by atoms with Crippen LogP contribution in [0.1, 0.15) is 20.8 Å². The number of allylic oxidation sites excluding steroid dienone is 1. The van der Waals surface area contributed by atoms with Gasteiger partial charge in [-0.1, -0.05) is 44.4 Å². The third kappa shape index (κ3) is 3.37. The number of imide groups is 2. The Morgan fingerprint density at radius 3 is 1.56 bits per heavy atom. The molecule has 3 fully saturated rings. The van der Waals surface area contributed by atoms with Crippen LogP contribution in [0.15, 0.2) is 68.6 Å². The van der Waals surface area contributed by atoms with Crippen LogP contribution < -0.4 is 9.80 Å². The van der Waals surface area contributed by atoms with Crippen molar-refractivity contribution in [2.75, 3.05) is 16.4 Å². The Kier molecular flexibility index (Phi) is 6.00. The average molecular weight is 656 g/mol. The van der Waals surface area contributed by atoms with E-state index in [9.17, 15) is 24.0 Å². The van der Waals surface area contributed by atoms with Crippen LogP contribution in [-0.4, -0.2) is 36.2 Å². The topological polar surface area (TPSA) is 101 Å². The minimum absolute atomic E-state index is 0.105. The summed E-state index contributed by atoms with van der Waals surface area (Å²) >= 11 is 6.75. The molecule has 200 valence electrons. The summed E-state index contributed by atoms with van der Waals surface area (Å²) < 4.78 is 6.99. The molecule has 10 heteroatoms. The molecule has 1 saturated carbocycles. The molecule has 2 aliphatic heterocycles. The Morgan fingerprint density at radius 2 is 1.18 bits per heavy atom. The molecule has 0 aromatic heterocycles. The summed E-state index contributed by atoms with van der Waals surface area (Å²) in [5.41, 5.74) is 0.153. The van der Waals surface area contributed by atoms with E-state index in [4.69, 9.17) is 4.74 Å². The molecule has 3 aliphatic carbocycles. The van der Waals surface area contributed by atoms with Gasteiger partial charge in [0, 0.05) is 25.9 Å². The van der Waals surface area contributed by atoms with Crippen LogP contribution in [0, 0.1) is 35.0 Å². The summed E-state index contributed by atoms with van der Waals surface area (Å²) in [4.78, 5) is 72.0. The number of anilines is 2. The van der Waals surface area contributed by atoms with E-state index in [0.717, 1.165) is 18.7 Å². The van der Waals surface area contributed by atoms with Crippen molar-refractivity contribution in [2.45, 2.75) is 20.8 Å². The van der Waals surface area contributed by atoms with Crippen molar-refractivity contribution in [3.8, 4) is 0 Å². The fourth-order valence-electron chi connectivity index (χ4n) is 7.50. The molecule has 5 aliphatic rings.